The summed E-state index contributed by atoms with van der Waals surface area (Å²) >= 11 is 0. The lowest BCUT2D eigenvalue weighted by atomic mass is 9.72. The van der Waals surface area contributed by atoms with Crippen molar-refractivity contribution in [2.75, 3.05) is 11.9 Å². The first-order valence-corrected chi connectivity index (χ1v) is 10.1. The number of nitrogens with zero attached hydrogens (tertiary/aromatic N) is 3. The first-order valence-electron chi connectivity index (χ1n) is 10.1. The molecule has 5 rings (SSSR count). The first-order chi connectivity index (χ1) is 14.5. The van der Waals surface area contributed by atoms with Crippen LogP contribution in [0.3, 0.4) is 0 Å². The SMILES string of the molecule is CCn1ccc(C(=O)N2CC[C@]3(C(=O)Nc4ccccc43)[C@@H]2c2ccc(F)cc2)n1. The average molecular weight is 404 g/mol. The van der Waals surface area contributed by atoms with Crippen LogP contribution < -0.4 is 5.32 Å². The van der Waals surface area contributed by atoms with Gasteiger partial charge in [0, 0.05) is 25.0 Å². The summed E-state index contributed by atoms with van der Waals surface area (Å²) in [6.45, 7) is 3.02. The van der Waals surface area contributed by atoms with Gasteiger partial charge in [-0.25, -0.2) is 4.39 Å². The topological polar surface area (TPSA) is 67.2 Å². The van der Waals surface area contributed by atoms with Crippen LogP contribution in [0, 0.1) is 5.82 Å². The second-order valence-corrected chi connectivity index (χ2v) is 7.73. The van der Waals surface area contributed by atoms with Crippen molar-refractivity contribution in [1.29, 1.82) is 0 Å². The van der Waals surface area contributed by atoms with Gasteiger partial charge in [-0.05, 0) is 48.7 Å². The lowest BCUT2D eigenvalue weighted by Gasteiger charge is -2.34. The van der Waals surface area contributed by atoms with E-state index >= 15 is 0 Å². The van der Waals surface area contributed by atoms with E-state index in [1.165, 1.54) is 12.1 Å². The smallest absolute Gasteiger partial charge is 0.274 e. The third kappa shape index (κ3) is 2.58. The fourth-order valence-electron chi connectivity index (χ4n) is 4.81. The summed E-state index contributed by atoms with van der Waals surface area (Å²) in [6, 6.07) is 14.8. The van der Waals surface area contributed by atoms with Gasteiger partial charge in [-0.3, -0.25) is 14.3 Å². The van der Waals surface area contributed by atoms with Crippen molar-refractivity contribution >= 4 is 17.5 Å². The number of hydrogen-bond donors (Lipinski definition) is 1. The molecule has 0 saturated carbocycles. The van der Waals surface area contributed by atoms with Gasteiger partial charge in [-0.1, -0.05) is 30.3 Å². The molecular formula is C23H21FN4O2. The summed E-state index contributed by atoms with van der Waals surface area (Å²) in [5.74, 6) is -0.723. The van der Waals surface area contributed by atoms with Crippen molar-refractivity contribution in [3.63, 3.8) is 0 Å². The summed E-state index contributed by atoms with van der Waals surface area (Å²) < 4.78 is 15.3. The van der Waals surface area contributed by atoms with Crippen molar-refractivity contribution in [2.24, 2.45) is 0 Å². The Labute approximate surface area is 173 Å². The molecule has 0 aliphatic carbocycles. The molecule has 3 aromatic rings. The normalized spacial score (nSPS) is 22.4. The second-order valence-electron chi connectivity index (χ2n) is 7.73. The van der Waals surface area contributed by atoms with Crippen molar-refractivity contribution in [3.05, 3.63) is 83.4 Å². The Hall–Kier alpha value is -3.48. The zero-order valence-corrected chi connectivity index (χ0v) is 16.5. The quantitative estimate of drug-likeness (QED) is 0.726. The molecule has 1 aromatic heterocycles. The fraction of sp³-hybridized carbons (Fsp3) is 0.261. The van der Waals surface area contributed by atoms with E-state index in [-0.39, 0.29) is 17.6 Å². The summed E-state index contributed by atoms with van der Waals surface area (Å²) in [4.78, 5) is 28.5. The molecule has 1 fully saturated rings. The minimum atomic E-state index is -0.919. The lowest BCUT2D eigenvalue weighted by Crippen LogP contribution is -2.42. The van der Waals surface area contributed by atoms with Crippen LogP contribution in [-0.2, 0) is 16.8 Å². The maximum atomic E-state index is 13.6. The van der Waals surface area contributed by atoms with Gasteiger partial charge >= 0.3 is 0 Å². The molecule has 2 aliphatic heterocycles. The molecule has 1 N–H and O–H groups in total. The molecule has 7 heteroatoms. The third-order valence-corrected chi connectivity index (χ3v) is 6.22. The van der Waals surface area contributed by atoms with Gasteiger partial charge < -0.3 is 10.2 Å². The molecule has 0 bridgehead atoms. The van der Waals surface area contributed by atoms with E-state index in [0.29, 0.717) is 25.2 Å². The minimum absolute atomic E-state index is 0.132. The van der Waals surface area contributed by atoms with Crippen LogP contribution >= 0.6 is 0 Å². The number of aromatic nitrogens is 2. The maximum absolute atomic E-state index is 13.6. The zero-order chi connectivity index (χ0) is 20.9. The van der Waals surface area contributed by atoms with E-state index in [0.717, 1.165) is 16.8 Å². The highest BCUT2D eigenvalue weighted by Crippen LogP contribution is 2.54. The van der Waals surface area contributed by atoms with Crippen molar-refractivity contribution in [1.82, 2.24) is 14.7 Å². The molecule has 2 aromatic carbocycles. The molecule has 3 heterocycles. The third-order valence-electron chi connectivity index (χ3n) is 6.22. The number of carbonyl (C=O) groups excluding carboxylic acids is 2. The Morgan fingerprint density at radius 3 is 2.70 bits per heavy atom. The van der Waals surface area contributed by atoms with Crippen LogP contribution in [-0.4, -0.2) is 33.0 Å². The molecule has 0 unspecified atom stereocenters. The van der Waals surface area contributed by atoms with E-state index in [1.54, 1.807) is 34.0 Å². The zero-order valence-electron chi connectivity index (χ0n) is 16.5. The number of carbonyl (C=O) groups is 2. The van der Waals surface area contributed by atoms with Crippen molar-refractivity contribution < 1.29 is 14.0 Å². The van der Waals surface area contributed by atoms with Gasteiger partial charge in [0.15, 0.2) is 0 Å². The number of nitrogens with one attached hydrogen (secondary N) is 1. The predicted octanol–water partition coefficient (Wildman–Crippen LogP) is 3.52. The maximum Gasteiger partial charge on any atom is 0.274 e. The van der Waals surface area contributed by atoms with Gasteiger partial charge in [0.05, 0.1) is 6.04 Å². The van der Waals surface area contributed by atoms with E-state index in [2.05, 4.69) is 10.4 Å². The van der Waals surface area contributed by atoms with Crippen LogP contribution in [0.1, 0.15) is 41.0 Å². The standard InChI is InChI=1S/C23H21FN4O2/c1-2-27-13-11-19(26-27)21(29)28-14-12-23(20(28)15-7-9-16(24)10-8-15)17-5-3-4-6-18(17)25-22(23)30/h3-11,13,20H,2,12,14H2,1H3,(H,25,30)/t20-,23+/m0/s1. The first kappa shape index (κ1) is 18.5. The number of likely N-dealkylation sites (tertiary alicyclic amines) is 1. The Morgan fingerprint density at radius 1 is 1.20 bits per heavy atom. The number of hydrogen-bond acceptors (Lipinski definition) is 3. The number of amides is 2. The number of aryl methyl sites for hydroxylation is 1. The molecule has 1 spiro atoms. The van der Waals surface area contributed by atoms with E-state index in [1.807, 2.05) is 31.2 Å². The summed E-state index contributed by atoms with van der Waals surface area (Å²) in [5, 5.41) is 7.34. The molecule has 152 valence electrons. The fourth-order valence-corrected chi connectivity index (χ4v) is 4.81. The lowest BCUT2D eigenvalue weighted by molar-refractivity contribution is -0.121. The molecular weight excluding hydrogens is 383 g/mol. The van der Waals surface area contributed by atoms with Gasteiger partial charge in [-0.2, -0.15) is 5.10 Å². The average Bonchev–Trinajstić information content (AvgIpc) is 3.46. The van der Waals surface area contributed by atoms with Crippen LogP contribution in [0.4, 0.5) is 10.1 Å². The Balaban J connectivity index is 1.65. The van der Waals surface area contributed by atoms with Crippen LogP contribution in [0.5, 0.6) is 0 Å². The molecule has 6 nitrogen and oxygen atoms in total. The van der Waals surface area contributed by atoms with Crippen LogP contribution in [0.2, 0.25) is 0 Å². The molecule has 2 atom stereocenters. The van der Waals surface area contributed by atoms with Crippen molar-refractivity contribution in [3.8, 4) is 0 Å². The van der Waals surface area contributed by atoms with E-state index in [9.17, 15) is 14.0 Å². The number of fused-ring (bicyclic) bond motifs is 2. The number of rotatable bonds is 3. The summed E-state index contributed by atoms with van der Waals surface area (Å²) in [6.07, 6.45) is 2.25. The number of anilines is 1. The summed E-state index contributed by atoms with van der Waals surface area (Å²) in [7, 11) is 0. The molecule has 2 aliphatic rings. The predicted molar refractivity (Wildman–Crippen MR) is 109 cm³/mol. The number of para-hydroxylation sites is 1. The monoisotopic (exact) mass is 404 g/mol. The Morgan fingerprint density at radius 2 is 1.97 bits per heavy atom. The van der Waals surface area contributed by atoms with Gasteiger partial charge in [0.2, 0.25) is 5.91 Å². The number of benzene rings is 2. The van der Waals surface area contributed by atoms with Gasteiger partial charge in [0.1, 0.15) is 16.9 Å². The second kappa shape index (κ2) is 6.79. The van der Waals surface area contributed by atoms with E-state index < -0.39 is 11.5 Å². The minimum Gasteiger partial charge on any atom is -0.329 e. The Kier molecular flexibility index (Phi) is 4.20. The Bertz CT molecular complexity index is 1140. The highest BCUT2D eigenvalue weighted by Gasteiger charge is 2.59. The van der Waals surface area contributed by atoms with Gasteiger partial charge in [0.25, 0.3) is 5.91 Å². The largest absolute Gasteiger partial charge is 0.329 e. The molecule has 30 heavy (non-hydrogen) atoms. The summed E-state index contributed by atoms with van der Waals surface area (Å²) in [5.41, 5.74) is 1.78. The van der Waals surface area contributed by atoms with Crippen LogP contribution in [0.25, 0.3) is 0 Å². The van der Waals surface area contributed by atoms with Gasteiger partial charge in [-0.15, -0.1) is 0 Å². The van der Waals surface area contributed by atoms with Crippen LogP contribution in [0.15, 0.2) is 60.8 Å². The molecule has 1 saturated heterocycles. The van der Waals surface area contributed by atoms with Crippen molar-refractivity contribution in [2.45, 2.75) is 31.3 Å². The highest BCUT2D eigenvalue weighted by atomic mass is 19.1. The molecule has 2 amide bonds. The van der Waals surface area contributed by atoms with E-state index in [4.69, 9.17) is 0 Å². The molecule has 0 radical (unpaired) electrons. The number of halogens is 1. The highest BCUT2D eigenvalue weighted by molar-refractivity contribution is 6.08.